The van der Waals surface area contributed by atoms with Gasteiger partial charge in [-0.05, 0) is 6.42 Å². The molecule has 0 fully saturated rings. The highest BCUT2D eigenvalue weighted by Crippen LogP contribution is 1.71. The van der Waals surface area contributed by atoms with Crippen LogP contribution < -0.4 is 0 Å². The molecule has 0 atom stereocenters. The van der Waals surface area contributed by atoms with Crippen LogP contribution in [0.1, 0.15) is 13.3 Å². The summed E-state index contributed by atoms with van der Waals surface area (Å²) in [5, 5.41) is 47.1. The minimum atomic E-state index is -0.954. The fourth-order valence-corrected chi connectivity index (χ4v) is 0.0577. The molecule has 6 heteroatoms. The molecule has 0 bridgehead atoms. The molecule has 0 rings (SSSR count). The van der Waals surface area contributed by atoms with E-state index in [0.717, 1.165) is 6.42 Å². The van der Waals surface area contributed by atoms with Crippen LogP contribution in [0.4, 0.5) is 0 Å². The van der Waals surface area contributed by atoms with Gasteiger partial charge >= 0.3 is 0 Å². The summed E-state index contributed by atoms with van der Waals surface area (Å²) in [7, 11) is 0. The maximum Gasteiger partial charge on any atom is 0.100 e. The second kappa shape index (κ2) is 23.0. The smallest absolute Gasteiger partial charge is 0.100 e. The minimum absolute atomic E-state index is 0.125. The summed E-state index contributed by atoms with van der Waals surface area (Å²) in [4.78, 5) is 0. The van der Waals surface area contributed by atoms with Crippen molar-refractivity contribution in [2.45, 2.75) is 19.4 Å². The first-order chi connectivity index (χ1) is 6.64. The van der Waals surface area contributed by atoms with Crippen molar-refractivity contribution in [2.75, 3.05) is 33.0 Å². The van der Waals surface area contributed by atoms with Gasteiger partial charge in [-0.25, -0.2) is 0 Å². The molecule has 0 unspecified atom stereocenters. The summed E-state index contributed by atoms with van der Waals surface area (Å²) in [6.07, 6.45) is -0.0787. The van der Waals surface area contributed by atoms with Crippen LogP contribution in [0.15, 0.2) is 0 Å². The van der Waals surface area contributed by atoms with E-state index in [1.54, 1.807) is 0 Å². The SMILES string of the molecule is CCCO.OCC(O)CO.OCCO. The van der Waals surface area contributed by atoms with Crippen LogP contribution in [0.2, 0.25) is 0 Å². The van der Waals surface area contributed by atoms with Gasteiger partial charge in [-0.3, -0.25) is 0 Å². The largest absolute Gasteiger partial charge is 0.396 e. The first kappa shape index (κ1) is 19.4. The number of hydrogen-bond acceptors (Lipinski definition) is 6. The molecule has 0 aromatic rings. The number of aliphatic hydroxyl groups excluding tert-OH is 6. The highest BCUT2D eigenvalue weighted by Gasteiger charge is 1.93. The Bertz CT molecular complexity index is 58.9. The summed E-state index contributed by atoms with van der Waals surface area (Å²) >= 11 is 0. The molecular weight excluding hydrogens is 192 g/mol. The Morgan fingerprint density at radius 1 is 0.786 bits per heavy atom. The summed E-state index contributed by atoms with van der Waals surface area (Å²) < 4.78 is 0. The molecule has 90 valence electrons. The van der Waals surface area contributed by atoms with Crippen molar-refractivity contribution in [2.24, 2.45) is 0 Å². The van der Waals surface area contributed by atoms with E-state index in [0.29, 0.717) is 6.61 Å². The number of aliphatic hydroxyl groups is 6. The molecule has 0 saturated carbocycles. The lowest BCUT2D eigenvalue weighted by atomic mass is 10.4. The van der Waals surface area contributed by atoms with Crippen molar-refractivity contribution < 1.29 is 30.6 Å². The Hall–Kier alpha value is -0.240. The van der Waals surface area contributed by atoms with Crippen molar-refractivity contribution in [1.29, 1.82) is 0 Å². The van der Waals surface area contributed by atoms with E-state index in [2.05, 4.69) is 0 Å². The fourth-order valence-electron chi connectivity index (χ4n) is 0.0577. The van der Waals surface area contributed by atoms with Crippen molar-refractivity contribution in [3.05, 3.63) is 0 Å². The summed E-state index contributed by atoms with van der Waals surface area (Å²) in [6.45, 7) is 1.27. The van der Waals surface area contributed by atoms with Gasteiger partial charge in [0.15, 0.2) is 0 Å². The Kier molecular flexibility index (Phi) is 31.8. The van der Waals surface area contributed by atoms with Gasteiger partial charge in [0.2, 0.25) is 0 Å². The Labute approximate surface area is 84.1 Å². The molecule has 6 N–H and O–H groups in total. The predicted octanol–water partition coefficient (Wildman–Crippen LogP) is -2.31. The Morgan fingerprint density at radius 3 is 1.07 bits per heavy atom. The highest BCUT2D eigenvalue weighted by atomic mass is 16.3. The average molecular weight is 214 g/mol. The van der Waals surface area contributed by atoms with Gasteiger partial charge < -0.3 is 30.6 Å². The van der Waals surface area contributed by atoms with Crippen LogP contribution in [-0.2, 0) is 0 Å². The van der Waals surface area contributed by atoms with Crippen LogP contribution in [0.5, 0.6) is 0 Å². The number of rotatable bonds is 4. The van der Waals surface area contributed by atoms with Gasteiger partial charge in [0, 0.05) is 6.61 Å². The first-order valence-electron chi connectivity index (χ1n) is 4.36. The fraction of sp³-hybridized carbons (Fsp3) is 1.00. The molecule has 0 spiro atoms. The van der Waals surface area contributed by atoms with E-state index in [1.807, 2.05) is 6.92 Å². The molecule has 0 aromatic heterocycles. The molecule has 0 aliphatic carbocycles. The zero-order chi connectivity index (χ0) is 11.8. The van der Waals surface area contributed by atoms with E-state index in [-0.39, 0.29) is 26.4 Å². The summed E-state index contributed by atoms with van der Waals surface area (Å²) in [5.41, 5.74) is 0. The van der Waals surface area contributed by atoms with Crippen molar-refractivity contribution in [3.63, 3.8) is 0 Å². The van der Waals surface area contributed by atoms with Crippen molar-refractivity contribution >= 4 is 0 Å². The molecule has 0 aliphatic heterocycles. The molecule has 6 nitrogen and oxygen atoms in total. The number of hydrogen-bond donors (Lipinski definition) is 6. The topological polar surface area (TPSA) is 121 Å². The summed E-state index contributed by atoms with van der Waals surface area (Å²) in [6, 6.07) is 0. The van der Waals surface area contributed by atoms with E-state index in [9.17, 15) is 0 Å². The lowest BCUT2D eigenvalue weighted by Crippen LogP contribution is -2.15. The molecule has 0 amide bonds. The predicted molar refractivity (Wildman–Crippen MR) is 51.7 cm³/mol. The van der Waals surface area contributed by atoms with Crippen LogP contribution >= 0.6 is 0 Å². The molecule has 0 aliphatic rings. The second-order valence-corrected chi connectivity index (χ2v) is 2.19. The van der Waals surface area contributed by atoms with E-state index in [1.165, 1.54) is 0 Å². The normalized spacial score (nSPS) is 8.57. The van der Waals surface area contributed by atoms with Crippen LogP contribution in [0.3, 0.4) is 0 Å². The Balaban J connectivity index is -0.000000135. The zero-order valence-electron chi connectivity index (χ0n) is 8.50. The molecule has 14 heavy (non-hydrogen) atoms. The van der Waals surface area contributed by atoms with E-state index >= 15 is 0 Å². The first-order valence-corrected chi connectivity index (χ1v) is 4.36. The third-order valence-corrected chi connectivity index (χ3v) is 0.745. The third kappa shape index (κ3) is 41.0. The van der Waals surface area contributed by atoms with Crippen LogP contribution in [0.25, 0.3) is 0 Å². The molecule has 0 heterocycles. The third-order valence-electron chi connectivity index (χ3n) is 0.745. The molecule has 0 saturated heterocycles. The lowest BCUT2D eigenvalue weighted by molar-refractivity contribution is 0.0450. The van der Waals surface area contributed by atoms with Crippen LogP contribution in [0, 0.1) is 0 Å². The van der Waals surface area contributed by atoms with Gasteiger partial charge in [0.25, 0.3) is 0 Å². The quantitative estimate of drug-likeness (QED) is 0.313. The van der Waals surface area contributed by atoms with E-state index < -0.39 is 6.10 Å². The monoisotopic (exact) mass is 214 g/mol. The van der Waals surface area contributed by atoms with Crippen molar-refractivity contribution in [3.8, 4) is 0 Å². The average Bonchev–Trinajstić information content (AvgIpc) is 2.28. The molecule has 0 radical (unpaired) electrons. The molecule has 0 aromatic carbocycles. The highest BCUT2D eigenvalue weighted by molar-refractivity contribution is 4.43. The van der Waals surface area contributed by atoms with Crippen LogP contribution in [-0.4, -0.2) is 69.8 Å². The van der Waals surface area contributed by atoms with Gasteiger partial charge in [-0.2, -0.15) is 0 Å². The summed E-state index contributed by atoms with van der Waals surface area (Å²) in [5.74, 6) is 0. The Morgan fingerprint density at radius 2 is 1.07 bits per heavy atom. The standard InChI is InChI=1S/C3H8O3.C3H8O.C2H6O2/c4-1-3(6)2-5;1-2-3-4;3-1-2-4/h3-6H,1-2H2;4H,2-3H2,1H3;3-4H,1-2H2. The maximum absolute atomic E-state index is 8.17. The van der Waals surface area contributed by atoms with Crippen molar-refractivity contribution in [1.82, 2.24) is 0 Å². The second-order valence-electron chi connectivity index (χ2n) is 2.19. The van der Waals surface area contributed by atoms with Gasteiger partial charge in [0.05, 0.1) is 26.4 Å². The van der Waals surface area contributed by atoms with Gasteiger partial charge in [-0.1, -0.05) is 6.92 Å². The van der Waals surface area contributed by atoms with Gasteiger partial charge in [-0.15, -0.1) is 0 Å². The van der Waals surface area contributed by atoms with Gasteiger partial charge in [0.1, 0.15) is 6.10 Å². The minimum Gasteiger partial charge on any atom is -0.396 e. The lowest BCUT2D eigenvalue weighted by Gasteiger charge is -1.96. The zero-order valence-corrected chi connectivity index (χ0v) is 8.50. The molecular formula is C8H22O6. The maximum atomic E-state index is 8.17. The van der Waals surface area contributed by atoms with E-state index in [4.69, 9.17) is 30.6 Å².